The lowest BCUT2D eigenvalue weighted by atomic mass is 10.1. The van der Waals surface area contributed by atoms with Crippen LogP contribution < -0.4 is 5.32 Å². The van der Waals surface area contributed by atoms with Crippen molar-refractivity contribution in [1.82, 2.24) is 15.5 Å². The average Bonchev–Trinajstić information content (AvgIpc) is 2.69. The summed E-state index contributed by atoms with van der Waals surface area (Å²) in [7, 11) is 0. The molecule has 2 rings (SSSR count). The maximum Gasteiger partial charge on any atom is 0.272 e. The van der Waals surface area contributed by atoms with Crippen LogP contribution in [0.4, 0.5) is 0 Å². The van der Waals surface area contributed by atoms with Crippen LogP contribution in [-0.2, 0) is 6.54 Å². The summed E-state index contributed by atoms with van der Waals surface area (Å²) in [6.45, 7) is 6.35. The van der Waals surface area contributed by atoms with Gasteiger partial charge in [-0.05, 0) is 31.9 Å². The van der Waals surface area contributed by atoms with Crippen LogP contribution in [0, 0.1) is 20.8 Å². The highest BCUT2D eigenvalue weighted by molar-refractivity contribution is 5.93. The monoisotopic (exact) mass is 243 g/mol. The van der Waals surface area contributed by atoms with E-state index in [1.165, 1.54) is 5.56 Å². The number of rotatable bonds is 3. The number of nitrogens with zero attached hydrogens (tertiary/aromatic N) is 1. The molecule has 1 amide bonds. The fourth-order valence-electron chi connectivity index (χ4n) is 1.77. The van der Waals surface area contributed by atoms with Crippen molar-refractivity contribution in [3.63, 3.8) is 0 Å². The van der Waals surface area contributed by atoms with Crippen LogP contribution in [0.5, 0.6) is 0 Å². The Labute approximate surface area is 106 Å². The number of nitrogens with one attached hydrogen (secondary N) is 2. The molecule has 4 nitrogen and oxygen atoms in total. The quantitative estimate of drug-likeness (QED) is 0.868. The first-order valence-electron chi connectivity index (χ1n) is 5.94. The molecule has 0 bridgehead atoms. The molecular weight excluding hydrogens is 226 g/mol. The van der Waals surface area contributed by atoms with Gasteiger partial charge >= 0.3 is 0 Å². The molecule has 0 radical (unpaired) electrons. The third kappa shape index (κ3) is 2.42. The maximum atomic E-state index is 12.0. The van der Waals surface area contributed by atoms with Crippen LogP contribution in [0.1, 0.15) is 32.9 Å². The van der Waals surface area contributed by atoms with Crippen molar-refractivity contribution in [3.8, 4) is 0 Å². The minimum absolute atomic E-state index is 0.139. The van der Waals surface area contributed by atoms with E-state index in [1.807, 2.05) is 45.0 Å². The number of amides is 1. The number of carbonyl (C=O) groups is 1. The summed E-state index contributed by atoms with van der Waals surface area (Å²) in [5.41, 5.74) is 4.60. The van der Waals surface area contributed by atoms with Gasteiger partial charge in [0.25, 0.3) is 5.91 Å². The van der Waals surface area contributed by atoms with Gasteiger partial charge in [-0.1, -0.05) is 24.3 Å². The summed E-state index contributed by atoms with van der Waals surface area (Å²) >= 11 is 0. The molecular formula is C14H17N3O. The van der Waals surface area contributed by atoms with Crippen LogP contribution in [-0.4, -0.2) is 16.1 Å². The zero-order valence-corrected chi connectivity index (χ0v) is 10.9. The number of carbonyl (C=O) groups excluding carboxylic acids is 1. The first-order valence-corrected chi connectivity index (χ1v) is 5.94. The fourth-order valence-corrected chi connectivity index (χ4v) is 1.77. The van der Waals surface area contributed by atoms with E-state index in [-0.39, 0.29) is 5.91 Å². The van der Waals surface area contributed by atoms with Gasteiger partial charge in [-0.2, -0.15) is 5.10 Å². The van der Waals surface area contributed by atoms with Crippen molar-refractivity contribution in [3.05, 3.63) is 52.3 Å². The lowest BCUT2D eigenvalue weighted by Crippen LogP contribution is -2.24. The van der Waals surface area contributed by atoms with Crippen LogP contribution >= 0.6 is 0 Å². The molecule has 1 aromatic carbocycles. The molecule has 0 unspecified atom stereocenters. The van der Waals surface area contributed by atoms with Gasteiger partial charge in [0.15, 0.2) is 5.69 Å². The number of H-pyrrole nitrogens is 1. The SMILES string of the molecule is Cc1ccccc1CNC(=O)c1n[nH]c(C)c1C. The zero-order valence-electron chi connectivity index (χ0n) is 10.9. The van der Waals surface area contributed by atoms with Crippen LogP contribution in [0.3, 0.4) is 0 Å². The lowest BCUT2D eigenvalue weighted by molar-refractivity contribution is 0.0945. The van der Waals surface area contributed by atoms with E-state index in [0.29, 0.717) is 12.2 Å². The van der Waals surface area contributed by atoms with Crippen LogP contribution in [0.25, 0.3) is 0 Å². The van der Waals surface area contributed by atoms with E-state index < -0.39 is 0 Å². The van der Waals surface area contributed by atoms with Crippen molar-refractivity contribution in [2.75, 3.05) is 0 Å². The molecule has 1 aromatic heterocycles. The Balaban J connectivity index is 2.05. The van der Waals surface area contributed by atoms with E-state index in [0.717, 1.165) is 16.8 Å². The summed E-state index contributed by atoms with van der Waals surface area (Å²) in [5.74, 6) is -0.139. The van der Waals surface area contributed by atoms with Crippen molar-refractivity contribution < 1.29 is 4.79 Å². The topological polar surface area (TPSA) is 57.8 Å². The van der Waals surface area contributed by atoms with Gasteiger partial charge in [-0.15, -0.1) is 0 Å². The van der Waals surface area contributed by atoms with Crippen LogP contribution in [0.15, 0.2) is 24.3 Å². The van der Waals surface area contributed by atoms with Gasteiger partial charge in [0, 0.05) is 17.8 Å². The number of benzene rings is 1. The number of aromatic amines is 1. The molecule has 2 N–H and O–H groups in total. The predicted octanol–water partition coefficient (Wildman–Crippen LogP) is 2.26. The normalized spacial score (nSPS) is 10.4. The Bertz CT molecular complexity index is 572. The first kappa shape index (κ1) is 12.4. The Morgan fingerprint density at radius 1 is 1.28 bits per heavy atom. The standard InChI is InChI=1S/C14H17N3O/c1-9-6-4-5-7-12(9)8-15-14(18)13-10(2)11(3)16-17-13/h4-7H,8H2,1-3H3,(H,15,18)(H,16,17). The van der Waals surface area contributed by atoms with Gasteiger partial charge in [0.2, 0.25) is 0 Å². The van der Waals surface area contributed by atoms with Gasteiger partial charge in [-0.3, -0.25) is 9.89 Å². The Morgan fingerprint density at radius 2 is 2.00 bits per heavy atom. The van der Waals surface area contributed by atoms with E-state index in [9.17, 15) is 4.79 Å². The molecule has 1 heterocycles. The van der Waals surface area contributed by atoms with E-state index >= 15 is 0 Å². The minimum Gasteiger partial charge on any atom is -0.347 e. The van der Waals surface area contributed by atoms with Gasteiger partial charge in [-0.25, -0.2) is 0 Å². The number of aromatic nitrogens is 2. The minimum atomic E-state index is -0.139. The fraction of sp³-hybridized carbons (Fsp3) is 0.286. The molecule has 0 aliphatic rings. The van der Waals surface area contributed by atoms with Gasteiger partial charge in [0.1, 0.15) is 0 Å². The number of hydrogen-bond donors (Lipinski definition) is 2. The predicted molar refractivity (Wildman–Crippen MR) is 70.4 cm³/mol. The third-order valence-corrected chi connectivity index (χ3v) is 3.17. The summed E-state index contributed by atoms with van der Waals surface area (Å²) < 4.78 is 0. The second kappa shape index (κ2) is 5.04. The molecule has 0 fully saturated rings. The second-order valence-electron chi connectivity index (χ2n) is 4.43. The third-order valence-electron chi connectivity index (χ3n) is 3.17. The van der Waals surface area contributed by atoms with Crippen molar-refractivity contribution in [2.45, 2.75) is 27.3 Å². The van der Waals surface area contributed by atoms with Gasteiger partial charge < -0.3 is 5.32 Å². The van der Waals surface area contributed by atoms with Crippen LogP contribution in [0.2, 0.25) is 0 Å². The molecule has 0 saturated carbocycles. The molecule has 2 aromatic rings. The maximum absolute atomic E-state index is 12.0. The van der Waals surface area contributed by atoms with Gasteiger partial charge in [0.05, 0.1) is 0 Å². The average molecular weight is 243 g/mol. The summed E-state index contributed by atoms with van der Waals surface area (Å²) in [5, 5.41) is 9.72. The highest BCUT2D eigenvalue weighted by Crippen LogP contribution is 2.09. The Kier molecular flexibility index (Phi) is 3.46. The molecule has 0 spiro atoms. The number of hydrogen-bond acceptors (Lipinski definition) is 2. The molecule has 0 aliphatic carbocycles. The molecule has 94 valence electrons. The summed E-state index contributed by atoms with van der Waals surface area (Å²) in [4.78, 5) is 12.0. The van der Waals surface area contributed by atoms with E-state index in [4.69, 9.17) is 0 Å². The van der Waals surface area contributed by atoms with Crippen molar-refractivity contribution in [2.24, 2.45) is 0 Å². The molecule has 18 heavy (non-hydrogen) atoms. The van der Waals surface area contributed by atoms with Crippen molar-refractivity contribution >= 4 is 5.91 Å². The summed E-state index contributed by atoms with van der Waals surface area (Å²) in [6, 6.07) is 8.00. The first-order chi connectivity index (χ1) is 8.59. The zero-order chi connectivity index (χ0) is 13.1. The van der Waals surface area contributed by atoms with E-state index in [1.54, 1.807) is 0 Å². The smallest absolute Gasteiger partial charge is 0.272 e. The van der Waals surface area contributed by atoms with Crippen molar-refractivity contribution in [1.29, 1.82) is 0 Å². The Hall–Kier alpha value is -2.10. The molecule has 4 heteroatoms. The molecule has 0 atom stereocenters. The second-order valence-corrected chi connectivity index (χ2v) is 4.43. The highest BCUT2D eigenvalue weighted by atomic mass is 16.1. The molecule has 0 saturated heterocycles. The largest absolute Gasteiger partial charge is 0.347 e. The number of aryl methyl sites for hydroxylation is 2. The van der Waals surface area contributed by atoms with E-state index in [2.05, 4.69) is 15.5 Å². The Morgan fingerprint density at radius 3 is 2.61 bits per heavy atom. The summed E-state index contributed by atoms with van der Waals surface area (Å²) in [6.07, 6.45) is 0. The lowest BCUT2D eigenvalue weighted by Gasteiger charge is -2.06. The molecule has 0 aliphatic heterocycles. The highest BCUT2D eigenvalue weighted by Gasteiger charge is 2.13.